The second-order valence-electron chi connectivity index (χ2n) is 27.7. The molecule has 2 nitrogen and oxygen atoms in total. The van der Waals surface area contributed by atoms with Crippen LogP contribution in [0.2, 0.25) is 19.6 Å². The fourth-order valence-electron chi connectivity index (χ4n) is 14.3. The molecule has 0 N–H and O–H groups in total. The molecule has 0 radical (unpaired) electrons. The molecule has 0 aliphatic rings. The third-order valence-electron chi connectivity index (χ3n) is 19.4. The van der Waals surface area contributed by atoms with Crippen LogP contribution in [0.1, 0.15) is 48.6 Å². The van der Waals surface area contributed by atoms with Gasteiger partial charge in [-0.15, -0.1) is 0 Å². The molecule has 0 aliphatic heterocycles. The van der Waals surface area contributed by atoms with E-state index in [9.17, 15) is 52.7 Å². The van der Waals surface area contributed by atoms with Crippen LogP contribution in [-0.2, 0) is 30.1 Å². The summed E-state index contributed by atoms with van der Waals surface area (Å²) in [6.07, 6.45) is -19.4. The van der Waals surface area contributed by atoms with Crippen molar-refractivity contribution in [1.29, 1.82) is 0 Å². The van der Waals surface area contributed by atoms with Crippen molar-refractivity contribution in [1.82, 2.24) is 9.13 Å². The lowest BCUT2D eigenvalue weighted by Gasteiger charge is -2.24. The summed E-state index contributed by atoms with van der Waals surface area (Å²) in [6, 6.07) is 72.5. The van der Waals surface area contributed by atoms with Gasteiger partial charge in [0, 0.05) is 32.9 Å². The van der Waals surface area contributed by atoms with Gasteiger partial charge in [-0.3, -0.25) is 0 Å². The molecule has 0 amide bonds. The lowest BCUT2D eigenvalue weighted by atomic mass is 9.81. The average molecular weight is 1370 g/mol. The van der Waals surface area contributed by atoms with E-state index in [1.54, 1.807) is 21.3 Å². The van der Waals surface area contributed by atoms with Crippen LogP contribution < -0.4 is 5.19 Å². The molecule has 0 saturated heterocycles. The third kappa shape index (κ3) is 11.6. The minimum atomic E-state index is -4.84. The van der Waals surface area contributed by atoms with E-state index in [2.05, 4.69) is 107 Å². The number of benzene rings is 13. The van der Waals surface area contributed by atoms with Crippen molar-refractivity contribution < 1.29 is 52.7 Å². The Morgan fingerprint density at radius 2 is 0.560 bits per heavy atom. The lowest BCUT2D eigenvalue weighted by Crippen LogP contribution is -2.37. The minimum absolute atomic E-state index is 0.0576. The van der Waals surface area contributed by atoms with Gasteiger partial charge in [-0.2, -0.15) is 52.7 Å². The number of nitrogens with zero attached hydrogens (tertiary/aromatic N) is 2. The Hall–Kier alpha value is -10.6. The van der Waals surface area contributed by atoms with E-state index in [1.807, 2.05) is 103 Å². The Kier molecular flexibility index (Phi) is 15.4. The van der Waals surface area contributed by atoms with Crippen molar-refractivity contribution in [2.75, 3.05) is 0 Å². The fourth-order valence-corrected chi connectivity index (χ4v) is 15.5. The Labute approximate surface area is 568 Å². The van der Waals surface area contributed by atoms with Gasteiger partial charge in [0.25, 0.3) is 0 Å². The van der Waals surface area contributed by atoms with Crippen molar-refractivity contribution in [3.05, 3.63) is 283 Å². The molecule has 15 aromatic rings. The van der Waals surface area contributed by atoms with Gasteiger partial charge in [-0.25, -0.2) is 0 Å². The van der Waals surface area contributed by atoms with Crippen LogP contribution in [0.5, 0.6) is 0 Å². The van der Waals surface area contributed by atoms with Crippen LogP contribution in [-0.4, -0.2) is 17.2 Å². The summed E-state index contributed by atoms with van der Waals surface area (Å²) in [7, 11) is -1.72. The molecule has 0 bridgehead atoms. The van der Waals surface area contributed by atoms with Gasteiger partial charge in [0.15, 0.2) is 0 Å². The molecule has 2 aromatic heterocycles. The van der Waals surface area contributed by atoms with Crippen LogP contribution in [0.3, 0.4) is 0 Å². The van der Waals surface area contributed by atoms with Crippen molar-refractivity contribution >= 4 is 78.4 Å². The molecular weight excluding hydrogens is 1310 g/mol. The van der Waals surface area contributed by atoms with E-state index in [1.165, 1.54) is 29.5 Å². The maximum Gasteiger partial charge on any atom is 0.416 e. The van der Waals surface area contributed by atoms with E-state index in [0.29, 0.717) is 44.0 Å². The maximum atomic E-state index is 14.7. The molecule has 13 aromatic carbocycles. The first kappa shape index (κ1) is 65.3. The summed E-state index contributed by atoms with van der Waals surface area (Å²) in [4.78, 5) is 0. The van der Waals surface area contributed by atoms with E-state index < -0.39 is 55.0 Å². The number of fused-ring (bicyclic) bond motifs is 8. The molecule has 2 heterocycles. The SMILES string of the molecule is CC(C)(C)c1ccc(-c2ccc(-c3c4ccc(-n5c6ccc(C(F)(F)F)cc6c6cc(C(F)(F)F)ccc65)cc4c(-c4ccc(-c5ccc([Si](C)(C)C)cc5)cc4-c4ccccc4)c4ccc(-n5c6ccc(C(F)(F)F)cc6c6cc(C(F)(F)F)ccc65)cc34)c(-c3ccccc3)c2)cc1. The second-order valence-corrected chi connectivity index (χ2v) is 32.8. The molecule has 0 aliphatic carbocycles. The lowest BCUT2D eigenvalue weighted by molar-refractivity contribution is -0.138. The molecule has 0 atom stereocenters. The first-order chi connectivity index (χ1) is 47.4. The number of aromatic nitrogens is 2. The second kappa shape index (κ2) is 23.5. The van der Waals surface area contributed by atoms with Crippen LogP contribution >= 0.6 is 0 Å². The van der Waals surface area contributed by atoms with Gasteiger partial charge in [0.05, 0.1) is 52.4 Å². The summed E-state index contributed by atoms with van der Waals surface area (Å²) < 4.78 is 180. The van der Waals surface area contributed by atoms with Crippen LogP contribution in [0.25, 0.3) is 143 Å². The maximum absolute atomic E-state index is 14.7. The third-order valence-corrected chi connectivity index (χ3v) is 21.4. The van der Waals surface area contributed by atoms with Gasteiger partial charge in [0.2, 0.25) is 0 Å². The van der Waals surface area contributed by atoms with Crippen molar-refractivity contribution in [2.24, 2.45) is 0 Å². The summed E-state index contributed by atoms with van der Waals surface area (Å²) >= 11 is 0. The van der Waals surface area contributed by atoms with Gasteiger partial charge in [0.1, 0.15) is 0 Å². The molecule has 498 valence electrons. The van der Waals surface area contributed by atoms with E-state index in [-0.39, 0.29) is 49.0 Å². The first-order valence-electron chi connectivity index (χ1n) is 32.5. The molecule has 15 rings (SSSR count). The fraction of sp³-hybridized carbons (Fsp3) is 0.129. The number of hydrogen-bond acceptors (Lipinski definition) is 0. The Morgan fingerprint density at radius 1 is 0.250 bits per heavy atom. The topological polar surface area (TPSA) is 9.86 Å². The van der Waals surface area contributed by atoms with E-state index >= 15 is 0 Å². The zero-order valence-corrected chi connectivity index (χ0v) is 55.7. The largest absolute Gasteiger partial charge is 0.416 e. The normalized spacial score (nSPS) is 12.9. The zero-order chi connectivity index (χ0) is 70.3. The van der Waals surface area contributed by atoms with Crippen LogP contribution in [0, 0.1) is 0 Å². The molecule has 0 unspecified atom stereocenters. The smallest absolute Gasteiger partial charge is 0.309 e. The Morgan fingerprint density at radius 3 is 0.870 bits per heavy atom. The standard InChI is InChI=1S/C85H60F12N2Si/c1-81(2,3)55-23-17-49(18-24-55)53-21-33-63(67(41-53)51-13-9-7-10-14-51)79-65-35-29-61(99-77-39-27-58(84(92,93)94)45-71(77)72-46-59(85(95,96)97)28-40-78(72)99)48-74(65)80(64-34-22-54(42-68(64)52-15-11-8-12-16-52)50-19-31-62(32-20-50)100(4,5)6)66-36-30-60(47-73(66)79)98-75-37-25-56(82(86,87)88)43-69(75)70-44-57(83(89,90)91)26-38-76(70)98/h7-48H,1-6H3. The number of hydrogen-bond donors (Lipinski definition) is 0. The summed E-state index contributed by atoms with van der Waals surface area (Å²) in [5, 5.41) is 3.54. The molecule has 0 spiro atoms. The van der Waals surface area contributed by atoms with Crippen LogP contribution in [0.4, 0.5) is 52.7 Å². The predicted molar refractivity (Wildman–Crippen MR) is 384 cm³/mol. The first-order valence-corrected chi connectivity index (χ1v) is 36.0. The van der Waals surface area contributed by atoms with Crippen molar-refractivity contribution in [3.63, 3.8) is 0 Å². The van der Waals surface area contributed by atoms with E-state index in [4.69, 9.17) is 0 Å². The van der Waals surface area contributed by atoms with Crippen molar-refractivity contribution in [2.45, 2.75) is 70.5 Å². The predicted octanol–water partition coefficient (Wildman–Crippen LogP) is 26.1. The van der Waals surface area contributed by atoms with Crippen molar-refractivity contribution in [3.8, 4) is 78.1 Å². The van der Waals surface area contributed by atoms with Gasteiger partial charge >= 0.3 is 24.7 Å². The van der Waals surface area contributed by atoms with E-state index in [0.717, 1.165) is 110 Å². The summed E-state index contributed by atoms with van der Waals surface area (Å²) in [5.41, 5.74) is 8.09. The van der Waals surface area contributed by atoms with Crippen LogP contribution in [0.15, 0.2) is 255 Å². The molecule has 100 heavy (non-hydrogen) atoms. The highest BCUT2D eigenvalue weighted by Crippen LogP contribution is 2.52. The molecule has 0 saturated carbocycles. The highest BCUT2D eigenvalue weighted by atomic mass is 28.3. The highest BCUT2D eigenvalue weighted by molar-refractivity contribution is 6.88. The van der Waals surface area contributed by atoms with Gasteiger partial charge in [-0.1, -0.05) is 191 Å². The quantitative estimate of drug-likeness (QED) is 0.0774. The Balaban J connectivity index is 1.11. The molecule has 0 fully saturated rings. The average Bonchev–Trinajstić information content (AvgIpc) is 1.48. The highest BCUT2D eigenvalue weighted by Gasteiger charge is 2.36. The number of alkyl halides is 12. The number of rotatable bonds is 9. The number of halogens is 12. The van der Waals surface area contributed by atoms with Gasteiger partial charge in [-0.05, 0) is 208 Å². The summed E-state index contributed by atoms with van der Waals surface area (Å²) in [6.45, 7) is 13.3. The molecule has 15 heteroatoms. The monoisotopic (exact) mass is 1360 g/mol. The summed E-state index contributed by atoms with van der Waals surface area (Å²) in [5.74, 6) is 0. The minimum Gasteiger partial charge on any atom is -0.309 e. The Bertz CT molecular complexity index is 5270. The van der Waals surface area contributed by atoms with Gasteiger partial charge < -0.3 is 9.13 Å². The molecular formula is C85H60F12N2Si. The zero-order valence-electron chi connectivity index (χ0n) is 54.7.